The van der Waals surface area contributed by atoms with Gasteiger partial charge in [-0.15, -0.1) is 0 Å². The molecule has 5 aromatic carbocycles. The summed E-state index contributed by atoms with van der Waals surface area (Å²) in [5.41, 5.74) is 13.4. The number of para-hydroxylation sites is 2. The highest BCUT2D eigenvalue weighted by Gasteiger charge is 2.15. The quantitative estimate of drug-likeness (QED) is 0.120. The third-order valence-corrected chi connectivity index (χ3v) is 9.05. The zero-order chi connectivity index (χ0) is 37.0. The minimum Gasteiger partial charge on any atom is -0.355 e. The first-order chi connectivity index (χ1) is 26.0. The minimum absolute atomic E-state index is 0.968. The fourth-order valence-electron chi connectivity index (χ4n) is 6.65. The van der Waals surface area contributed by atoms with Crippen molar-refractivity contribution in [3.8, 4) is 16.8 Å². The van der Waals surface area contributed by atoms with Crippen molar-refractivity contribution < 1.29 is 0 Å². The van der Waals surface area contributed by atoms with Crippen molar-refractivity contribution >= 4 is 38.6 Å². The van der Waals surface area contributed by atoms with Gasteiger partial charge in [-0.3, -0.25) is 0 Å². The van der Waals surface area contributed by atoms with Crippen LogP contribution in [0, 0.1) is 6.92 Å². The molecule has 260 valence electrons. The number of rotatable bonds is 13. The van der Waals surface area contributed by atoms with E-state index in [1.54, 1.807) is 6.08 Å². The largest absolute Gasteiger partial charge is 0.355 e. The highest BCUT2D eigenvalue weighted by Crippen LogP contribution is 2.37. The SMILES string of the molecule is C=C/C=C/C=C\C(=C/C=C(\C=C/C)Nc1ccc(-c2ccc3c(c2)c2ccccc2n3-c2ccccc2)cc1C(/C=C\C)=C/C=C)c1cccc(C)c1. The number of aryl methyl sites for hydroxylation is 1. The maximum Gasteiger partial charge on any atom is 0.0541 e. The first-order valence-corrected chi connectivity index (χ1v) is 18.1. The number of hydrogen-bond acceptors (Lipinski definition) is 1. The number of anilines is 1. The summed E-state index contributed by atoms with van der Waals surface area (Å²) in [5, 5.41) is 6.22. The van der Waals surface area contributed by atoms with Crippen molar-refractivity contribution in [3.63, 3.8) is 0 Å². The Kier molecular flexibility index (Phi) is 12.0. The maximum absolute atomic E-state index is 4.04. The lowest BCUT2D eigenvalue weighted by molar-refractivity contribution is 1.18. The van der Waals surface area contributed by atoms with Crippen LogP contribution in [0.3, 0.4) is 0 Å². The zero-order valence-corrected chi connectivity index (χ0v) is 30.8. The molecule has 0 aliphatic carbocycles. The lowest BCUT2D eigenvalue weighted by Gasteiger charge is -2.16. The van der Waals surface area contributed by atoms with Gasteiger partial charge in [-0.1, -0.05) is 158 Å². The Morgan fingerprint density at radius 2 is 1.34 bits per heavy atom. The average molecular weight is 687 g/mol. The minimum atomic E-state index is 0.968. The standard InChI is InChI=1S/C51H46N2/c1-6-10-11-13-23-39(41-24-18-22-38(5)35-41)29-32-44(21-9-4)52-49-33-30-42(36-47(49)40(19-7-2)20-8-3)43-31-34-51-48(37-43)46-27-16-17-28-50(46)53(51)45-25-14-12-15-26-45/h6-37,52H,1-2H2,3-5H3/b11-10+,20-8-,21-9-,23-13-,39-29+,40-19+,44-32+. The van der Waals surface area contributed by atoms with E-state index in [0.717, 1.165) is 50.5 Å². The summed E-state index contributed by atoms with van der Waals surface area (Å²) in [5.74, 6) is 0. The van der Waals surface area contributed by atoms with Crippen molar-refractivity contribution in [1.29, 1.82) is 0 Å². The topological polar surface area (TPSA) is 17.0 Å². The monoisotopic (exact) mass is 686 g/mol. The molecule has 6 rings (SSSR count). The van der Waals surface area contributed by atoms with E-state index >= 15 is 0 Å². The predicted molar refractivity (Wildman–Crippen MR) is 233 cm³/mol. The van der Waals surface area contributed by atoms with Crippen molar-refractivity contribution in [1.82, 2.24) is 4.57 Å². The summed E-state index contributed by atoms with van der Waals surface area (Å²) in [6.45, 7) is 14.0. The maximum atomic E-state index is 4.04. The molecule has 1 aromatic heterocycles. The number of hydrogen-bond donors (Lipinski definition) is 1. The van der Waals surface area contributed by atoms with E-state index < -0.39 is 0 Å². The Bertz CT molecular complexity index is 2470. The van der Waals surface area contributed by atoms with E-state index in [9.17, 15) is 0 Å². The summed E-state index contributed by atoms with van der Waals surface area (Å²) in [7, 11) is 0. The lowest BCUT2D eigenvalue weighted by atomic mass is 9.95. The molecule has 0 aliphatic heterocycles. The van der Waals surface area contributed by atoms with Gasteiger partial charge in [0.25, 0.3) is 0 Å². The highest BCUT2D eigenvalue weighted by molar-refractivity contribution is 6.10. The Labute approximate surface area is 314 Å². The van der Waals surface area contributed by atoms with Gasteiger partial charge in [0, 0.05) is 33.4 Å². The highest BCUT2D eigenvalue weighted by atomic mass is 15.0. The third kappa shape index (κ3) is 8.47. The van der Waals surface area contributed by atoms with Gasteiger partial charge in [0.05, 0.1) is 11.0 Å². The summed E-state index contributed by atoms with van der Waals surface area (Å²) < 4.78 is 2.35. The number of nitrogens with zero attached hydrogens (tertiary/aromatic N) is 1. The van der Waals surface area contributed by atoms with Crippen molar-refractivity contribution in [2.45, 2.75) is 20.8 Å². The molecular formula is C51H46N2. The van der Waals surface area contributed by atoms with Gasteiger partial charge in [-0.2, -0.15) is 0 Å². The van der Waals surface area contributed by atoms with Gasteiger partial charge in [0.15, 0.2) is 0 Å². The van der Waals surface area contributed by atoms with Crippen LogP contribution in [0.15, 0.2) is 213 Å². The van der Waals surface area contributed by atoms with Crippen LogP contribution in [-0.4, -0.2) is 4.57 Å². The summed E-state index contributed by atoms with van der Waals surface area (Å²) in [4.78, 5) is 0. The zero-order valence-electron chi connectivity index (χ0n) is 30.8. The molecule has 1 heterocycles. The number of nitrogens with one attached hydrogen (secondary N) is 1. The lowest BCUT2D eigenvalue weighted by Crippen LogP contribution is -2.01. The van der Waals surface area contributed by atoms with E-state index in [1.165, 1.54) is 27.4 Å². The van der Waals surface area contributed by atoms with E-state index in [1.807, 2.05) is 38.2 Å². The molecule has 0 spiro atoms. The molecule has 0 bridgehead atoms. The predicted octanol–water partition coefficient (Wildman–Crippen LogP) is 14.2. The number of fused-ring (bicyclic) bond motifs is 3. The van der Waals surface area contributed by atoms with E-state index in [2.05, 4.69) is 194 Å². The van der Waals surface area contributed by atoms with Crippen LogP contribution >= 0.6 is 0 Å². The van der Waals surface area contributed by atoms with Crippen LogP contribution in [0.25, 0.3) is 49.8 Å². The fourth-order valence-corrected chi connectivity index (χ4v) is 6.65. The Hall–Kier alpha value is -6.64. The fraction of sp³-hybridized carbons (Fsp3) is 0.0588. The molecule has 2 nitrogen and oxygen atoms in total. The van der Waals surface area contributed by atoms with Crippen molar-refractivity contribution in [2.24, 2.45) is 0 Å². The molecule has 0 saturated heterocycles. The molecule has 53 heavy (non-hydrogen) atoms. The molecule has 0 unspecified atom stereocenters. The van der Waals surface area contributed by atoms with Gasteiger partial charge in [0.1, 0.15) is 0 Å². The van der Waals surface area contributed by atoms with Crippen LogP contribution in [0.5, 0.6) is 0 Å². The molecule has 0 fully saturated rings. The molecular weight excluding hydrogens is 641 g/mol. The number of benzene rings is 5. The van der Waals surface area contributed by atoms with E-state index in [0.29, 0.717) is 0 Å². The van der Waals surface area contributed by atoms with Crippen molar-refractivity contribution in [3.05, 3.63) is 230 Å². The first-order valence-electron chi connectivity index (χ1n) is 18.1. The van der Waals surface area contributed by atoms with Gasteiger partial charge >= 0.3 is 0 Å². The molecule has 0 amide bonds. The molecule has 0 aliphatic rings. The van der Waals surface area contributed by atoms with E-state index in [-0.39, 0.29) is 0 Å². The number of allylic oxidation sites excluding steroid dienone is 15. The first kappa shape index (κ1) is 36.2. The molecule has 2 heteroatoms. The van der Waals surface area contributed by atoms with Crippen LogP contribution < -0.4 is 5.32 Å². The van der Waals surface area contributed by atoms with Crippen LogP contribution in [0.4, 0.5) is 5.69 Å². The second-order valence-electron chi connectivity index (χ2n) is 12.8. The van der Waals surface area contributed by atoms with Crippen LogP contribution in [0.2, 0.25) is 0 Å². The van der Waals surface area contributed by atoms with E-state index in [4.69, 9.17) is 0 Å². The second kappa shape index (κ2) is 17.5. The second-order valence-corrected chi connectivity index (χ2v) is 12.8. The summed E-state index contributed by atoms with van der Waals surface area (Å²) >= 11 is 0. The normalized spacial score (nSPS) is 13.0. The Balaban J connectivity index is 1.45. The molecule has 0 atom stereocenters. The van der Waals surface area contributed by atoms with Crippen LogP contribution in [-0.2, 0) is 0 Å². The molecule has 0 radical (unpaired) electrons. The van der Waals surface area contributed by atoms with Gasteiger partial charge < -0.3 is 9.88 Å². The summed E-state index contributed by atoms with van der Waals surface area (Å²) in [6.07, 6.45) is 26.5. The van der Waals surface area contributed by atoms with Crippen molar-refractivity contribution in [2.75, 3.05) is 5.32 Å². The van der Waals surface area contributed by atoms with Gasteiger partial charge in [-0.05, 0) is 103 Å². The molecule has 1 N–H and O–H groups in total. The number of aromatic nitrogens is 1. The Morgan fingerprint density at radius 3 is 2.11 bits per heavy atom. The average Bonchev–Trinajstić information content (AvgIpc) is 3.52. The smallest absolute Gasteiger partial charge is 0.0541 e. The van der Waals surface area contributed by atoms with Crippen LogP contribution in [0.1, 0.15) is 30.5 Å². The third-order valence-electron chi connectivity index (χ3n) is 9.05. The molecule has 0 saturated carbocycles. The Morgan fingerprint density at radius 1 is 0.585 bits per heavy atom. The summed E-state index contributed by atoms with van der Waals surface area (Å²) in [6, 6.07) is 41.3. The van der Waals surface area contributed by atoms with Gasteiger partial charge in [-0.25, -0.2) is 0 Å². The molecule has 6 aromatic rings. The van der Waals surface area contributed by atoms with Gasteiger partial charge in [0.2, 0.25) is 0 Å².